The number of ether oxygens (including phenoxy) is 2. The van der Waals surface area contributed by atoms with Crippen LogP contribution in [0.2, 0.25) is 0 Å². The van der Waals surface area contributed by atoms with Crippen LogP contribution in [-0.4, -0.2) is 43.5 Å². The summed E-state index contributed by atoms with van der Waals surface area (Å²) in [7, 11) is 0. The van der Waals surface area contributed by atoms with E-state index in [-0.39, 0.29) is 25.5 Å². The van der Waals surface area contributed by atoms with Crippen LogP contribution in [0.25, 0.3) is 0 Å². The van der Waals surface area contributed by atoms with Crippen LogP contribution in [0.4, 0.5) is 11.4 Å². The van der Waals surface area contributed by atoms with Crippen LogP contribution in [0.3, 0.4) is 0 Å². The summed E-state index contributed by atoms with van der Waals surface area (Å²) in [5.41, 5.74) is 2.63. The van der Waals surface area contributed by atoms with Gasteiger partial charge in [0, 0.05) is 24.3 Å². The van der Waals surface area contributed by atoms with Crippen LogP contribution in [-0.2, 0) is 23.9 Å². The number of rotatable bonds is 7. The zero-order valence-corrected chi connectivity index (χ0v) is 17.4. The molecule has 0 saturated carbocycles. The van der Waals surface area contributed by atoms with Gasteiger partial charge in [-0.3, -0.25) is 14.4 Å². The average Bonchev–Trinajstić information content (AvgIpc) is 3.15. The number of carbonyl (C=O) groups excluding carboxylic acids is 4. The third kappa shape index (κ3) is 5.69. The fourth-order valence-corrected chi connectivity index (χ4v) is 3.20. The van der Waals surface area contributed by atoms with Gasteiger partial charge in [0.05, 0.1) is 18.1 Å². The first-order valence-electron chi connectivity index (χ1n) is 9.98. The summed E-state index contributed by atoms with van der Waals surface area (Å²) >= 11 is 0. The van der Waals surface area contributed by atoms with E-state index in [9.17, 15) is 19.2 Å². The molecule has 1 aliphatic rings. The van der Waals surface area contributed by atoms with Gasteiger partial charge < -0.3 is 19.7 Å². The van der Waals surface area contributed by atoms with E-state index in [1.165, 1.54) is 4.90 Å². The minimum absolute atomic E-state index is 0.00194. The monoisotopic (exact) mass is 424 g/mol. The molecule has 1 aliphatic heterocycles. The zero-order valence-electron chi connectivity index (χ0n) is 17.4. The number of benzene rings is 2. The molecule has 1 fully saturated rings. The van der Waals surface area contributed by atoms with Gasteiger partial charge in [-0.1, -0.05) is 17.7 Å². The van der Waals surface area contributed by atoms with Crippen molar-refractivity contribution in [2.75, 3.05) is 30.0 Å². The Hall–Kier alpha value is -3.68. The number of carbonyl (C=O) groups is 4. The second-order valence-corrected chi connectivity index (χ2v) is 7.19. The number of aryl methyl sites for hydroxylation is 1. The summed E-state index contributed by atoms with van der Waals surface area (Å²) in [6.45, 7) is 3.66. The third-order valence-electron chi connectivity index (χ3n) is 4.83. The predicted molar refractivity (Wildman–Crippen MR) is 114 cm³/mol. The van der Waals surface area contributed by atoms with Gasteiger partial charge in [0.25, 0.3) is 5.91 Å². The lowest BCUT2D eigenvalue weighted by Gasteiger charge is -2.17. The van der Waals surface area contributed by atoms with E-state index in [1.807, 2.05) is 19.1 Å². The molecule has 31 heavy (non-hydrogen) atoms. The van der Waals surface area contributed by atoms with Gasteiger partial charge in [0.1, 0.15) is 0 Å². The molecular formula is C23H24N2O6. The third-order valence-corrected chi connectivity index (χ3v) is 4.83. The van der Waals surface area contributed by atoms with Crippen LogP contribution in [0.1, 0.15) is 29.3 Å². The van der Waals surface area contributed by atoms with Crippen molar-refractivity contribution in [1.29, 1.82) is 0 Å². The largest absolute Gasteiger partial charge is 0.462 e. The Kier molecular flexibility index (Phi) is 7.02. The first kappa shape index (κ1) is 22.0. The average molecular weight is 424 g/mol. The fraction of sp³-hybridized carbons (Fsp3) is 0.304. The number of amides is 2. The zero-order chi connectivity index (χ0) is 22.4. The number of nitrogens with one attached hydrogen (secondary N) is 1. The number of anilines is 2. The SMILES string of the molecule is CCOC(=O)c1ccc(N2C[C@@H](C(=O)OCC(=O)Nc3ccc(C)cc3)CC2=O)cc1. The normalized spacial score (nSPS) is 15.5. The van der Waals surface area contributed by atoms with E-state index in [1.54, 1.807) is 43.3 Å². The Morgan fingerprint density at radius 3 is 2.35 bits per heavy atom. The van der Waals surface area contributed by atoms with Crippen molar-refractivity contribution in [3.63, 3.8) is 0 Å². The molecule has 0 radical (unpaired) electrons. The molecule has 1 atom stereocenters. The molecule has 1 heterocycles. The second kappa shape index (κ2) is 9.88. The van der Waals surface area contributed by atoms with Gasteiger partial charge in [-0.05, 0) is 50.2 Å². The molecule has 1 saturated heterocycles. The Labute approximate surface area is 180 Å². The molecule has 162 valence electrons. The summed E-state index contributed by atoms with van der Waals surface area (Å²) < 4.78 is 10.0. The first-order valence-corrected chi connectivity index (χ1v) is 9.98. The Morgan fingerprint density at radius 1 is 1.03 bits per heavy atom. The number of nitrogens with zero attached hydrogens (tertiary/aromatic N) is 1. The highest BCUT2D eigenvalue weighted by molar-refractivity contribution is 6.00. The summed E-state index contributed by atoms with van der Waals surface area (Å²) in [5.74, 6) is -2.38. The van der Waals surface area contributed by atoms with Crippen LogP contribution in [0.5, 0.6) is 0 Å². The highest BCUT2D eigenvalue weighted by Crippen LogP contribution is 2.26. The lowest BCUT2D eigenvalue weighted by Crippen LogP contribution is -2.28. The van der Waals surface area contributed by atoms with Gasteiger partial charge in [-0.2, -0.15) is 0 Å². The minimum Gasteiger partial charge on any atom is -0.462 e. The molecular weight excluding hydrogens is 400 g/mol. The van der Waals surface area contributed by atoms with Crippen LogP contribution in [0.15, 0.2) is 48.5 Å². The highest BCUT2D eigenvalue weighted by atomic mass is 16.5. The number of hydrogen-bond acceptors (Lipinski definition) is 6. The Morgan fingerprint density at radius 2 is 1.71 bits per heavy atom. The molecule has 2 aromatic carbocycles. The first-order chi connectivity index (χ1) is 14.9. The molecule has 2 aromatic rings. The molecule has 1 N–H and O–H groups in total. The smallest absolute Gasteiger partial charge is 0.338 e. The molecule has 8 nitrogen and oxygen atoms in total. The Bertz CT molecular complexity index is 969. The highest BCUT2D eigenvalue weighted by Gasteiger charge is 2.36. The van der Waals surface area contributed by atoms with Crippen molar-refractivity contribution in [1.82, 2.24) is 0 Å². The van der Waals surface area contributed by atoms with Gasteiger partial charge in [-0.25, -0.2) is 4.79 Å². The molecule has 0 unspecified atom stereocenters. The summed E-state index contributed by atoms with van der Waals surface area (Å²) in [6, 6.07) is 13.6. The van der Waals surface area contributed by atoms with Crippen molar-refractivity contribution < 1.29 is 28.7 Å². The number of esters is 2. The Balaban J connectivity index is 1.52. The molecule has 2 amide bonds. The summed E-state index contributed by atoms with van der Waals surface area (Å²) in [6.07, 6.45) is -0.00194. The van der Waals surface area contributed by atoms with Gasteiger partial charge in [0.15, 0.2) is 6.61 Å². The summed E-state index contributed by atoms with van der Waals surface area (Å²) in [4.78, 5) is 49.9. The van der Waals surface area contributed by atoms with Crippen molar-refractivity contribution >= 4 is 35.1 Å². The fourth-order valence-electron chi connectivity index (χ4n) is 3.20. The topological polar surface area (TPSA) is 102 Å². The molecule has 3 rings (SSSR count). The lowest BCUT2D eigenvalue weighted by atomic mass is 10.1. The molecule has 0 spiro atoms. The van der Waals surface area contributed by atoms with Crippen LogP contribution >= 0.6 is 0 Å². The van der Waals surface area contributed by atoms with E-state index in [2.05, 4.69) is 5.32 Å². The van der Waals surface area contributed by atoms with Gasteiger partial charge in [-0.15, -0.1) is 0 Å². The van der Waals surface area contributed by atoms with E-state index in [0.717, 1.165) is 5.56 Å². The maximum atomic E-state index is 12.4. The van der Waals surface area contributed by atoms with Gasteiger partial charge >= 0.3 is 11.9 Å². The molecule has 0 aliphatic carbocycles. The van der Waals surface area contributed by atoms with E-state index >= 15 is 0 Å². The molecule has 0 bridgehead atoms. The van der Waals surface area contributed by atoms with E-state index < -0.39 is 30.4 Å². The van der Waals surface area contributed by atoms with Crippen molar-refractivity contribution in [3.8, 4) is 0 Å². The maximum absolute atomic E-state index is 12.4. The second-order valence-electron chi connectivity index (χ2n) is 7.19. The minimum atomic E-state index is -0.663. The maximum Gasteiger partial charge on any atom is 0.338 e. The van der Waals surface area contributed by atoms with Crippen LogP contribution in [0, 0.1) is 12.8 Å². The van der Waals surface area contributed by atoms with Crippen molar-refractivity contribution in [2.45, 2.75) is 20.3 Å². The van der Waals surface area contributed by atoms with Gasteiger partial charge in [0.2, 0.25) is 5.91 Å². The lowest BCUT2D eigenvalue weighted by molar-refractivity contribution is -0.151. The number of hydrogen-bond donors (Lipinski definition) is 1. The van der Waals surface area contributed by atoms with Crippen LogP contribution < -0.4 is 10.2 Å². The van der Waals surface area contributed by atoms with E-state index in [0.29, 0.717) is 16.9 Å². The summed E-state index contributed by atoms with van der Waals surface area (Å²) in [5, 5.41) is 2.65. The molecule has 8 heteroatoms. The standard InChI is InChI=1S/C23H24N2O6/c1-3-30-22(28)16-6-10-19(11-7-16)25-13-17(12-21(25)27)23(29)31-14-20(26)24-18-8-4-15(2)5-9-18/h4-11,17H,3,12-14H2,1-2H3,(H,24,26)/t17-/m0/s1. The molecule has 0 aromatic heterocycles. The quantitative estimate of drug-likeness (QED) is 0.686. The predicted octanol–water partition coefficient (Wildman–Crippen LogP) is 2.71. The van der Waals surface area contributed by atoms with Crippen molar-refractivity contribution in [2.24, 2.45) is 5.92 Å². The van der Waals surface area contributed by atoms with Crippen molar-refractivity contribution in [3.05, 3.63) is 59.7 Å². The van der Waals surface area contributed by atoms with E-state index in [4.69, 9.17) is 9.47 Å².